The number of hydrogen-bond acceptors (Lipinski definition) is 5. The Balaban J connectivity index is 0.00000363. The van der Waals surface area contributed by atoms with Crippen molar-refractivity contribution in [2.75, 3.05) is 18.1 Å². The van der Waals surface area contributed by atoms with Crippen molar-refractivity contribution in [2.45, 2.75) is 44.7 Å². The number of para-hydroxylation sites is 1. The Morgan fingerprint density at radius 3 is 2.53 bits per heavy atom. The third kappa shape index (κ3) is 6.55. The number of carbonyl (C=O) groups is 3. The number of hydrogen-bond donors (Lipinski definition) is 2. The summed E-state index contributed by atoms with van der Waals surface area (Å²) in [5, 5.41) is 12.5. The molecule has 2 N–H and O–H groups in total. The number of esters is 1. The number of aliphatic carboxylic acids is 1. The summed E-state index contributed by atoms with van der Waals surface area (Å²) in [4.78, 5) is 38.6. The van der Waals surface area contributed by atoms with Gasteiger partial charge in [-0.25, -0.2) is 0 Å². The van der Waals surface area contributed by atoms with Crippen molar-refractivity contribution in [3.63, 3.8) is 0 Å². The van der Waals surface area contributed by atoms with Crippen molar-refractivity contribution in [1.29, 1.82) is 0 Å². The number of rotatable bonds is 9. The monoisotopic (exact) mass is 460 g/mol. The minimum Gasteiger partial charge on any atom is -0.480 e. The maximum atomic E-state index is 13.3. The number of carboxylic acids is 1. The van der Waals surface area contributed by atoms with E-state index in [1.165, 1.54) is 4.90 Å². The molecule has 1 aliphatic heterocycles. The molecule has 0 unspecified atom stereocenters. The highest BCUT2D eigenvalue weighted by atomic mass is 35.5. The van der Waals surface area contributed by atoms with Crippen LogP contribution in [0.5, 0.6) is 0 Å². The van der Waals surface area contributed by atoms with Crippen LogP contribution in [-0.2, 0) is 32.0 Å². The van der Waals surface area contributed by atoms with E-state index in [2.05, 4.69) is 5.32 Å². The number of benzene rings is 2. The summed E-state index contributed by atoms with van der Waals surface area (Å²) in [5.41, 5.74) is 2.61. The molecule has 172 valence electrons. The van der Waals surface area contributed by atoms with Gasteiger partial charge in [0.05, 0.1) is 12.6 Å². The molecule has 1 heterocycles. The van der Waals surface area contributed by atoms with Gasteiger partial charge < -0.3 is 9.84 Å². The Hall–Kier alpha value is -2.90. The maximum Gasteiger partial charge on any atom is 0.323 e. The summed E-state index contributed by atoms with van der Waals surface area (Å²) >= 11 is 0. The van der Waals surface area contributed by atoms with Crippen LogP contribution >= 0.6 is 12.4 Å². The van der Waals surface area contributed by atoms with Crippen molar-refractivity contribution in [3.05, 3.63) is 65.7 Å². The molecule has 0 radical (unpaired) electrons. The van der Waals surface area contributed by atoms with Crippen LogP contribution in [-0.4, -0.2) is 48.2 Å². The molecule has 0 spiro atoms. The average molecular weight is 461 g/mol. The Kier molecular flexibility index (Phi) is 9.68. The maximum absolute atomic E-state index is 13.3. The Labute approximate surface area is 194 Å². The lowest BCUT2D eigenvalue weighted by Gasteiger charge is -2.27. The van der Waals surface area contributed by atoms with Crippen LogP contribution < -0.4 is 10.2 Å². The fraction of sp³-hybridized carbons (Fsp3) is 0.375. The lowest BCUT2D eigenvalue weighted by molar-refractivity contribution is -0.146. The van der Waals surface area contributed by atoms with E-state index < -0.39 is 30.6 Å². The molecule has 0 fully saturated rings. The summed E-state index contributed by atoms with van der Waals surface area (Å²) in [6.45, 7) is 1.56. The number of carbonyl (C=O) groups excluding carboxylic acids is 2. The summed E-state index contributed by atoms with van der Waals surface area (Å²) in [5.74, 6) is -1.84. The van der Waals surface area contributed by atoms with Crippen molar-refractivity contribution in [2.24, 2.45) is 0 Å². The van der Waals surface area contributed by atoms with Crippen LogP contribution in [0.25, 0.3) is 0 Å². The molecule has 8 heteroatoms. The summed E-state index contributed by atoms with van der Waals surface area (Å²) in [6.07, 6.45) is 2.19. The zero-order valence-corrected chi connectivity index (χ0v) is 18.8. The molecule has 2 atom stereocenters. The lowest BCUT2D eigenvalue weighted by atomic mass is 10.0. The Bertz CT molecular complexity index is 922. The molecular formula is C24H29ClN2O5. The summed E-state index contributed by atoms with van der Waals surface area (Å²) in [7, 11) is 0. The zero-order chi connectivity index (χ0) is 22.2. The number of fused-ring (bicyclic) bond motifs is 1. The first-order valence-electron chi connectivity index (χ1n) is 10.6. The zero-order valence-electron chi connectivity index (χ0n) is 18.0. The van der Waals surface area contributed by atoms with Gasteiger partial charge in [0.25, 0.3) is 0 Å². The number of nitrogens with one attached hydrogen (secondary N) is 1. The van der Waals surface area contributed by atoms with Crippen molar-refractivity contribution >= 4 is 35.9 Å². The molecule has 0 bridgehead atoms. The molecule has 1 aliphatic rings. The van der Waals surface area contributed by atoms with E-state index >= 15 is 0 Å². The van der Waals surface area contributed by atoms with Crippen LogP contribution in [0, 0.1) is 0 Å². The third-order valence-electron chi connectivity index (χ3n) is 5.38. The van der Waals surface area contributed by atoms with Gasteiger partial charge in [-0.15, -0.1) is 12.4 Å². The van der Waals surface area contributed by atoms with Gasteiger partial charge in [0.1, 0.15) is 12.6 Å². The molecule has 32 heavy (non-hydrogen) atoms. The molecule has 7 nitrogen and oxygen atoms in total. The van der Waals surface area contributed by atoms with E-state index in [0.717, 1.165) is 11.1 Å². The second kappa shape index (κ2) is 12.2. The van der Waals surface area contributed by atoms with Crippen LogP contribution in [0.15, 0.2) is 54.6 Å². The average Bonchev–Trinajstić information content (AvgIpc) is 2.89. The van der Waals surface area contributed by atoms with Crippen LogP contribution in [0.1, 0.15) is 30.9 Å². The highest BCUT2D eigenvalue weighted by Gasteiger charge is 2.34. The first kappa shape index (κ1) is 25.4. The van der Waals surface area contributed by atoms with Crippen LogP contribution in [0.3, 0.4) is 0 Å². The Morgan fingerprint density at radius 2 is 1.84 bits per heavy atom. The second-order valence-corrected chi connectivity index (χ2v) is 7.53. The molecule has 3 rings (SSSR count). The molecule has 2 aromatic rings. The second-order valence-electron chi connectivity index (χ2n) is 7.53. The summed E-state index contributed by atoms with van der Waals surface area (Å²) in [6, 6.07) is 15.8. The van der Waals surface area contributed by atoms with E-state index in [0.29, 0.717) is 31.4 Å². The number of amides is 1. The first-order valence-corrected chi connectivity index (χ1v) is 10.6. The number of anilines is 1. The number of nitrogens with zero attached hydrogens (tertiary/aromatic N) is 1. The van der Waals surface area contributed by atoms with Gasteiger partial charge in [0, 0.05) is 5.69 Å². The molecule has 2 aromatic carbocycles. The molecule has 0 aliphatic carbocycles. The Morgan fingerprint density at radius 1 is 1.16 bits per heavy atom. The van der Waals surface area contributed by atoms with E-state index in [-0.39, 0.29) is 24.9 Å². The minimum atomic E-state index is -1.09. The van der Waals surface area contributed by atoms with Crippen LogP contribution in [0.2, 0.25) is 0 Å². The number of carboxylic acid groups (broad SMARTS) is 1. The first-order chi connectivity index (χ1) is 15.0. The van der Waals surface area contributed by atoms with Crippen LogP contribution in [0.4, 0.5) is 5.69 Å². The van der Waals surface area contributed by atoms with Crippen molar-refractivity contribution in [1.82, 2.24) is 5.32 Å². The smallest absolute Gasteiger partial charge is 0.323 e. The van der Waals surface area contributed by atoms with Gasteiger partial charge in [-0.2, -0.15) is 0 Å². The summed E-state index contributed by atoms with van der Waals surface area (Å²) < 4.78 is 5.23. The number of ether oxygens (including phenoxy) is 1. The highest BCUT2D eigenvalue weighted by molar-refractivity contribution is 6.02. The minimum absolute atomic E-state index is 0. The van der Waals surface area contributed by atoms with Gasteiger partial charge in [-0.05, 0) is 49.8 Å². The lowest BCUT2D eigenvalue weighted by Crippen LogP contribution is -2.53. The number of halogens is 1. The van der Waals surface area contributed by atoms with Gasteiger partial charge in [0.15, 0.2) is 0 Å². The van der Waals surface area contributed by atoms with Crippen molar-refractivity contribution < 1.29 is 24.2 Å². The van der Waals surface area contributed by atoms with Crippen molar-refractivity contribution in [3.8, 4) is 0 Å². The molecular weight excluding hydrogens is 432 g/mol. The molecule has 0 saturated carbocycles. The van der Waals surface area contributed by atoms with E-state index in [1.807, 2.05) is 42.5 Å². The highest BCUT2D eigenvalue weighted by Crippen LogP contribution is 2.27. The predicted molar refractivity (Wildman–Crippen MR) is 124 cm³/mol. The molecule has 0 aromatic heterocycles. The SMILES string of the molecule is CCOC(=O)[C@H](CCc1ccccc1)N[C@H]1CCc2ccccc2N(CC(=O)O)C1=O.Cl. The fourth-order valence-corrected chi connectivity index (χ4v) is 3.88. The van der Waals surface area contributed by atoms with E-state index in [9.17, 15) is 19.5 Å². The fourth-order valence-electron chi connectivity index (χ4n) is 3.88. The molecule has 0 saturated heterocycles. The normalized spacial score (nSPS) is 16.3. The third-order valence-corrected chi connectivity index (χ3v) is 5.38. The van der Waals surface area contributed by atoms with Gasteiger partial charge in [-0.3, -0.25) is 24.6 Å². The standard InChI is InChI=1S/C24H28N2O5.ClH/c1-2-31-24(30)20(14-12-17-8-4-3-5-9-17)25-19-15-13-18-10-6-7-11-21(18)26(23(19)29)16-22(27)28;/h3-11,19-20,25H,2,12-16H2,1H3,(H,27,28);1H/t19-,20-;/m0./s1. The quantitative estimate of drug-likeness (QED) is 0.558. The predicted octanol–water partition coefficient (Wildman–Crippen LogP) is 2.99. The largest absolute Gasteiger partial charge is 0.480 e. The van der Waals surface area contributed by atoms with Gasteiger partial charge in [-0.1, -0.05) is 48.5 Å². The van der Waals surface area contributed by atoms with Gasteiger partial charge >= 0.3 is 11.9 Å². The van der Waals surface area contributed by atoms with E-state index in [1.54, 1.807) is 19.1 Å². The molecule has 1 amide bonds. The van der Waals surface area contributed by atoms with E-state index in [4.69, 9.17) is 4.74 Å². The van der Waals surface area contributed by atoms with Gasteiger partial charge in [0.2, 0.25) is 5.91 Å². The number of aryl methyl sites for hydroxylation is 2. The topological polar surface area (TPSA) is 95.9 Å².